The third kappa shape index (κ3) is 16.0. The summed E-state index contributed by atoms with van der Waals surface area (Å²) in [5, 5.41) is 43.1. The molecule has 15 atom stereocenters. The molecule has 0 spiro atoms. The molecule has 2 bridgehead atoms. The summed E-state index contributed by atoms with van der Waals surface area (Å²) in [6, 6.07) is -1.20. The lowest BCUT2D eigenvalue weighted by Crippen LogP contribution is -2.61. The second kappa shape index (κ2) is 28.3. The van der Waals surface area contributed by atoms with Gasteiger partial charge in [-0.3, -0.25) is 24.0 Å². The van der Waals surface area contributed by atoms with E-state index in [2.05, 4.69) is 0 Å². The number of esters is 2. The van der Waals surface area contributed by atoms with Crippen LogP contribution in [-0.4, -0.2) is 156 Å². The molecule has 3 aliphatic heterocycles. The highest BCUT2D eigenvalue weighted by molar-refractivity contribution is 6.39. The van der Waals surface area contributed by atoms with Gasteiger partial charge < -0.3 is 53.7 Å². The highest BCUT2D eigenvalue weighted by Gasteiger charge is 2.53. The van der Waals surface area contributed by atoms with Crippen molar-refractivity contribution in [3.05, 3.63) is 47.6 Å². The van der Waals surface area contributed by atoms with E-state index in [0.717, 1.165) is 10.5 Å². The van der Waals surface area contributed by atoms with Crippen LogP contribution in [0.4, 0.5) is 0 Å². The minimum atomic E-state index is -2.47. The zero-order valence-electron chi connectivity index (χ0n) is 45.3. The number of ketones is 3. The number of nitrogens with zero attached hydrogens (tertiary/aromatic N) is 1. The molecule has 4 N–H and O–H groups in total. The van der Waals surface area contributed by atoms with E-state index in [4.69, 9.17) is 28.4 Å². The Morgan fingerprint density at radius 3 is 2.21 bits per heavy atom. The molecule has 0 aromatic heterocycles. The van der Waals surface area contributed by atoms with E-state index < -0.39 is 120 Å². The summed E-state index contributed by atoms with van der Waals surface area (Å²) in [4.78, 5) is 85.4. The molecule has 1 aliphatic carbocycles. The summed E-state index contributed by atoms with van der Waals surface area (Å²) in [6.07, 6.45) is 9.76. The fourth-order valence-corrected chi connectivity index (χ4v) is 10.7. The van der Waals surface area contributed by atoms with Crippen molar-refractivity contribution in [2.45, 2.75) is 187 Å². The first-order chi connectivity index (χ1) is 34.5. The predicted molar refractivity (Wildman–Crippen MR) is 271 cm³/mol. The number of fused-ring (bicyclic) bond motifs is 3. The maximum atomic E-state index is 14.5. The second-order valence-electron chi connectivity index (χ2n) is 21.8. The van der Waals surface area contributed by atoms with Gasteiger partial charge in [-0.1, -0.05) is 71.1 Å². The van der Waals surface area contributed by atoms with Crippen molar-refractivity contribution < 1.29 is 77.6 Å². The molecule has 4 aliphatic rings. The van der Waals surface area contributed by atoms with Gasteiger partial charge in [0.2, 0.25) is 5.79 Å². The monoisotopic (exact) mass is 1030 g/mol. The topological polar surface area (TPSA) is 242 Å². The van der Waals surface area contributed by atoms with Crippen LogP contribution in [0.25, 0.3) is 0 Å². The van der Waals surface area contributed by atoms with Gasteiger partial charge in [-0.2, -0.15) is 0 Å². The number of allylic oxidation sites excluding steroid dienone is 6. The third-order valence-electron chi connectivity index (χ3n) is 15.9. The molecule has 0 radical (unpaired) electrons. The van der Waals surface area contributed by atoms with Gasteiger partial charge in [-0.25, -0.2) is 4.79 Å². The van der Waals surface area contributed by atoms with Crippen molar-refractivity contribution >= 4 is 35.2 Å². The SMILES string of the molecule is CO[C@H]1C[C@@H]2CC[C@@H](C)[C@@](O)(O2)C(=O)C(=O)N2CCCC[C@H]2C(=O)O[C@H]([C@H](C)C[C@@H]2CC[C@@H](OC(=O)C(C)(CO)CO)[C@H](OC)C2)CC(=O)[C@H](C)/C=C(/C)[C@@H](O)[C@@H](OC)C(=O)[C@H](C)C[C@H](C)C=C/C=C/C=C/1C. The predicted octanol–water partition coefficient (Wildman–Crippen LogP) is 5.72. The second-order valence-corrected chi connectivity index (χ2v) is 21.8. The maximum Gasteiger partial charge on any atom is 0.329 e. The zero-order valence-corrected chi connectivity index (χ0v) is 45.3. The Hall–Kier alpha value is -3.94. The van der Waals surface area contributed by atoms with E-state index in [0.29, 0.717) is 69.8 Å². The van der Waals surface area contributed by atoms with Gasteiger partial charge in [0.05, 0.1) is 31.5 Å². The van der Waals surface area contributed by atoms with Crippen LogP contribution in [0.15, 0.2) is 47.6 Å². The van der Waals surface area contributed by atoms with Crippen molar-refractivity contribution in [1.29, 1.82) is 0 Å². The molecule has 0 aromatic carbocycles. The van der Waals surface area contributed by atoms with Gasteiger partial charge in [0.15, 0.2) is 5.78 Å². The van der Waals surface area contributed by atoms with Gasteiger partial charge >= 0.3 is 11.9 Å². The van der Waals surface area contributed by atoms with Crippen molar-refractivity contribution in [1.82, 2.24) is 4.90 Å². The Kier molecular flexibility index (Phi) is 23.9. The molecule has 73 heavy (non-hydrogen) atoms. The van der Waals surface area contributed by atoms with Crippen molar-refractivity contribution in [2.24, 2.45) is 40.9 Å². The van der Waals surface area contributed by atoms with Crippen LogP contribution in [0.2, 0.25) is 0 Å². The number of hydrogen-bond acceptors (Lipinski definition) is 16. The molecule has 1 amide bonds. The van der Waals surface area contributed by atoms with Crippen LogP contribution in [0, 0.1) is 40.9 Å². The Labute approximate surface area is 433 Å². The number of rotatable bonds is 10. The molecule has 3 fully saturated rings. The summed E-state index contributed by atoms with van der Waals surface area (Å²) in [5.74, 6) is -9.36. The lowest BCUT2D eigenvalue weighted by atomic mass is 9.78. The van der Waals surface area contributed by atoms with Gasteiger partial charge in [0.1, 0.15) is 41.7 Å². The van der Waals surface area contributed by atoms with E-state index >= 15 is 0 Å². The lowest BCUT2D eigenvalue weighted by molar-refractivity contribution is -0.265. The largest absolute Gasteiger partial charge is 0.460 e. The van der Waals surface area contributed by atoms with Gasteiger partial charge in [0, 0.05) is 58.5 Å². The molecule has 412 valence electrons. The average Bonchev–Trinajstić information content (AvgIpc) is 3.37. The number of carbonyl (C=O) groups is 6. The first-order valence-electron chi connectivity index (χ1n) is 26.4. The lowest BCUT2D eigenvalue weighted by Gasteiger charge is -2.42. The summed E-state index contributed by atoms with van der Waals surface area (Å²) >= 11 is 0. The molecular formula is C56H87NO16. The number of piperidine rings is 1. The molecular weight excluding hydrogens is 943 g/mol. The first-order valence-corrected chi connectivity index (χ1v) is 26.4. The highest BCUT2D eigenvalue weighted by atomic mass is 16.6. The number of carbonyl (C=O) groups excluding carboxylic acids is 6. The molecule has 2 saturated heterocycles. The number of ether oxygens (including phenoxy) is 6. The van der Waals surface area contributed by atoms with Crippen LogP contribution in [-0.2, 0) is 57.2 Å². The molecule has 17 heteroatoms. The highest BCUT2D eigenvalue weighted by Crippen LogP contribution is 2.38. The minimum absolute atomic E-state index is 0.00697. The van der Waals surface area contributed by atoms with E-state index in [-0.39, 0.29) is 42.8 Å². The van der Waals surface area contributed by atoms with Gasteiger partial charge in [-0.05, 0) is 114 Å². The molecule has 0 unspecified atom stereocenters. The fraction of sp³-hybridized carbons (Fsp3) is 0.750. The Morgan fingerprint density at radius 2 is 1.56 bits per heavy atom. The Bertz CT molecular complexity index is 2010. The molecule has 0 aromatic rings. The Morgan fingerprint density at radius 1 is 0.863 bits per heavy atom. The van der Waals surface area contributed by atoms with E-state index in [1.165, 1.54) is 21.1 Å². The quantitative estimate of drug-likeness (QED) is 0.116. The van der Waals surface area contributed by atoms with Crippen LogP contribution in [0.3, 0.4) is 0 Å². The number of cyclic esters (lactones) is 1. The van der Waals surface area contributed by atoms with Crippen molar-refractivity contribution in [3.63, 3.8) is 0 Å². The summed E-state index contributed by atoms with van der Waals surface area (Å²) in [5.41, 5.74) is -0.277. The maximum absolute atomic E-state index is 14.5. The smallest absolute Gasteiger partial charge is 0.329 e. The third-order valence-corrected chi connectivity index (χ3v) is 15.9. The molecule has 17 nitrogen and oxygen atoms in total. The summed E-state index contributed by atoms with van der Waals surface area (Å²) in [6.45, 7) is 12.7. The number of methoxy groups -OCH3 is 3. The van der Waals surface area contributed by atoms with Crippen molar-refractivity contribution in [2.75, 3.05) is 41.1 Å². The minimum Gasteiger partial charge on any atom is -0.460 e. The van der Waals surface area contributed by atoms with E-state index in [1.807, 2.05) is 51.2 Å². The van der Waals surface area contributed by atoms with Gasteiger partial charge in [0.25, 0.3) is 11.7 Å². The summed E-state index contributed by atoms with van der Waals surface area (Å²) in [7, 11) is 4.43. The van der Waals surface area contributed by atoms with Crippen LogP contribution >= 0.6 is 0 Å². The number of hydrogen-bond donors (Lipinski definition) is 4. The van der Waals surface area contributed by atoms with Crippen LogP contribution in [0.5, 0.6) is 0 Å². The van der Waals surface area contributed by atoms with E-state index in [1.54, 1.807) is 40.9 Å². The molecule has 4 rings (SSSR count). The average molecular weight is 1030 g/mol. The summed E-state index contributed by atoms with van der Waals surface area (Å²) < 4.78 is 35.4. The number of Topliss-reactive ketones (excluding diaryl/α,β-unsaturated/α-hetero) is 3. The molecule has 3 heterocycles. The zero-order chi connectivity index (χ0) is 54.4. The first kappa shape index (κ1) is 61.6. The standard InChI is InChI=1S/C56H87NO16/c1-33-17-13-12-14-18-34(2)45(68-9)29-41-22-20-39(7)56(67,73-41)51(63)52(64)57-24-16-15-19-42(57)53(65)71-46(30-43(60)35(3)26-38(6)49(62)50(70-11)48(61)37(5)25-33)36(4)27-40-21-23-44(47(28-40)69-10)72-54(66)55(8,31-58)32-59/h12-14,17-18,26,33,35-37,39-42,44-47,49-50,58-59,62,67H,15-16,19-25,27-32H2,1-11H3/b14-12+,17-13?,34-18+,38-26-/t33-,35-,36-,37-,39-,40+,41+,42+,44-,45+,46+,47-,49-,50+,56-/m1/s1. The van der Waals surface area contributed by atoms with Crippen LogP contribution < -0.4 is 0 Å². The molecule has 1 saturated carbocycles. The van der Waals surface area contributed by atoms with Gasteiger partial charge in [-0.15, -0.1) is 0 Å². The van der Waals surface area contributed by atoms with E-state index in [9.17, 15) is 49.2 Å². The Balaban J connectivity index is 1.69. The number of aliphatic hydroxyl groups excluding tert-OH is 3. The fourth-order valence-electron chi connectivity index (χ4n) is 10.7. The number of aliphatic hydroxyl groups is 4. The van der Waals surface area contributed by atoms with Crippen molar-refractivity contribution in [3.8, 4) is 0 Å². The normalized spacial score (nSPS) is 37.0. The van der Waals surface area contributed by atoms with Crippen LogP contribution in [0.1, 0.15) is 132 Å². The number of amides is 1.